The second-order valence-corrected chi connectivity index (χ2v) is 7.00. The average molecular weight is 355 g/mol. The number of nitrogens with zero attached hydrogens (tertiary/aromatic N) is 1. The standard InChI is InChI=1S/C21H25NO4/c1-13-5-8-18(9-14(13)2)25-12-21(24)26-11-20(23)19-10-15(3)22(16(19)4)17-6-7-17/h5,8-10,17H,6-7,11-12H2,1-4H3. The zero-order chi connectivity index (χ0) is 18.8. The van der Waals surface area contributed by atoms with Crippen molar-refractivity contribution in [3.05, 3.63) is 52.3 Å². The summed E-state index contributed by atoms with van der Waals surface area (Å²) in [5.74, 6) is -0.110. The van der Waals surface area contributed by atoms with Gasteiger partial charge in [-0.05, 0) is 69.9 Å². The Morgan fingerprint density at radius 3 is 2.42 bits per heavy atom. The van der Waals surface area contributed by atoms with Gasteiger partial charge in [-0.3, -0.25) is 4.79 Å². The Bertz CT molecular complexity index is 846. The smallest absolute Gasteiger partial charge is 0.344 e. The van der Waals surface area contributed by atoms with E-state index in [1.54, 1.807) is 0 Å². The number of Topliss-reactive ketones (excluding diaryl/α,β-unsaturated/α-hetero) is 1. The maximum atomic E-state index is 12.4. The molecule has 0 N–H and O–H groups in total. The van der Waals surface area contributed by atoms with Crippen LogP contribution in [0.1, 0.15) is 51.8 Å². The zero-order valence-corrected chi connectivity index (χ0v) is 15.8. The molecule has 0 bridgehead atoms. The number of benzene rings is 1. The lowest BCUT2D eigenvalue weighted by molar-refractivity contribution is -0.144. The van der Waals surface area contributed by atoms with Crippen LogP contribution < -0.4 is 4.74 Å². The molecule has 0 radical (unpaired) electrons. The van der Waals surface area contributed by atoms with Crippen LogP contribution in [0.15, 0.2) is 24.3 Å². The number of ketones is 1. The Balaban J connectivity index is 1.52. The fourth-order valence-corrected chi connectivity index (χ4v) is 3.17. The summed E-state index contributed by atoms with van der Waals surface area (Å²) in [5.41, 5.74) is 4.93. The molecule has 26 heavy (non-hydrogen) atoms. The van der Waals surface area contributed by atoms with Crippen molar-refractivity contribution in [3.8, 4) is 5.75 Å². The quantitative estimate of drug-likeness (QED) is 0.559. The first-order valence-corrected chi connectivity index (χ1v) is 8.94. The number of hydrogen-bond donors (Lipinski definition) is 0. The van der Waals surface area contributed by atoms with Crippen LogP contribution in [0, 0.1) is 27.7 Å². The number of aryl methyl sites for hydroxylation is 3. The first kappa shape index (κ1) is 18.2. The molecule has 0 atom stereocenters. The van der Waals surface area contributed by atoms with E-state index in [0.717, 1.165) is 35.4 Å². The van der Waals surface area contributed by atoms with Crippen LogP contribution in [0.3, 0.4) is 0 Å². The molecular formula is C21H25NO4. The van der Waals surface area contributed by atoms with Crippen LogP contribution in [0.5, 0.6) is 5.75 Å². The number of esters is 1. The van der Waals surface area contributed by atoms with Crippen molar-refractivity contribution in [2.24, 2.45) is 0 Å². The zero-order valence-electron chi connectivity index (χ0n) is 15.8. The van der Waals surface area contributed by atoms with Crippen LogP contribution in [0.2, 0.25) is 0 Å². The first-order valence-electron chi connectivity index (χ1n) is 8.94. The average Bonchev–Trinajstić information content (AvgIpc) is 3.39. The third-order valence-electron chi connectivity index (χ3n) is 4.90. The summed E-state index contributed by atoms with van der Waals surface area (Å²) in [6.07, 6.45) is 2.32. The maximum absolute atomic E-state index is 12.4. The topological polar surface area (TPSA) is 57.5 Å². The number of ether oxygens (including phenoxy) is 2. The molecule has 2 aromatic rings. The minimum atomic E-state index is -0.549. The molecule has 1 fully saturated rings. The Hall–Kier alpha value is -2.56. The SMILES string of the molecule is Cc1ccc(OCC(=O)OCC(=O)c2cc(C)n(C3CC3)c2C)cc1C. The molecule has 0 unspecified atom stereocenters. The van der Waals surface area contributed by atoms with Crippen LogP contribution >= 0.6 is 0 Å². The van der Waals surface area contributed by atoms with E-state index in [9.17, 15) is 9.59 Å². The molecule has 138 valence electrons. The third-order valence-corrected chi connectivity index (χ3v) is 4.90. The Morgan fingerprint density at radius 2 is 1.77 bits per heavy atom. The molecule has 1 aliphatic rings. The van der Waals surface area contributed by atoms with Gasteiger partial charge in [0.15, 0.2) is 13.2 Å². The van der Waals surface area contributed by atoms with Crippen molar-refractivity contribution >= 4 is 11.8 Å². The van der Waals surface area contributed by atoms with Gasteiger partial charge in [-0.15, -0.1) is 0 Å². The Morgan fingerprint density at radius 1 is 1.04 bits per heavy atom. The molecule has 3 rings (SSSR count). The Labute approximate surface area is 153 Å². The summed E-state index contributed by atoms with van der Waals surface area (Å²) < 4.78 is 12.7. The van der Waals surface area contributed by atoms with E-state index in [2.05, 4.69) is 4.57 Å². The molecule has 1 heterocycles. The van der Waals surface area contributed by atoms with Crippen molar-refractivity contribution in [2.45, 2.75) is 46.6 Å². The molecule has 5 nitrogen and oxygen atoms in total. The summed E-state index contributed by atoms with van der Waals surface area (Å²) >= 11 is 0. The minimum absolute atomic E-state index is 0.176. The van der Waals surface area contributed by atoms with E-state index in [-0.39, 0.29) is 19.0 Å². The number of carbonyl (C=O) groups excluding carboxylic acids is 2. The normalized spacial score (nSPS) is 13.5. The fourth-order valence-electron chi connectivity index (χ4n) is 3.17. The Kier molecular flexibility index (Phi) is 5.16. The van der Waals surface area contributed by atoms with Crippen molar-refractivity contribution < 1.29 is 19.1 Å². The lowest BCUT2D eigenvalue weighted by Gasteiger charge is -2.09. The second-order valence-electron chi connectivity index (χ2n) is 7.00. The van der Waals surface area contributed by atoms with Crippen molar-refractivity contribution in [2.75, 3.05) is 13.2 Å². The van der Waals surface area contributed by atoms with E-state index >= 15 is 0 Å². The highest BCUT2D eigenvalue weighted by atomic mass is 16.6. The van der Waals surface area contributed by atoms with Gasteiger partial charge >= 0.3 is 5.97 Å². The molecule has 1 saturated carbocycles. The minimum Gasteiger partial charge on any atom is -0.482 e. The van der Waals surface area contributed by atoms with E-state index in [1.165, 1.54) is 0 Å². The van der Waals surface area contributed by atoms with Crippen molar-refractivity contribution in [1.82, 2.24) is 4.57 Å². The van der Waals surface area contributed by atoms with Gasteiger partial charge in [-0.2, -0.15) is 0 Å². The molecule has 1 aromatic carbocycles. The summed E-state index contributed by atoms with van der Waals surface area (Å²) in [5, 5.41) is 0. The maximum Gasteiger partial charge on any atom is 0.344 e. The highest BCUT2D eigenvalue weighted by Crippen LogP contribution is 2.38. The van der Waals surface area contributed by atoms with Crippen LogP contribution in [-0.4, -0.2) is 29.5 Å². The van der Waals surface area contributed by atoms with Crippen LogP contribution in [0.4, 0.5) is 0 Å². The molecule has 0 spiro atoms. The first-order chi connectivity index (χ1) is 12.4. The van der Waals surface area contributed by atoms with E-state index < -0.39 is 5.97 Å². The predicted octanol–water partition coefficient (Wildman–Crippen LogP) is 3.86. The largest absolute Gasteiger partial charge is 0.482 e. The number of carbonyl (C=O) groups is 2. The van der Waals surface area contributed by atoms with E-state index in [4.69, 9.17) is 9.47 Å². The lowest BCUT2D eigenvalue weighted by atomic mass is 10.1. The van der Waals surface area contributed by atoms with Crippen molar-refractivity contribution in [3.63, 3.8) is 0 Å². The van der Waals surface area contributed by atoms with Gasteiger partial charge in [-0.1, -0.05) is 6.07 Å². The van der Waals surface area contributed by atoms with Gasteiger partial charge in [0.05, 0.1) is 0 Å². The molecule has 1 aromatic heterocycles. The monoisotopic (exact) mass is 355 g/mol. The van der Waals surface area contributed by atoms with Gasteiger partial charge in [0, 0.05) is 23.0 Å². The molecule has 0 aliphatic heterocycles. The van der Waals surface area contributed by atoms with Gasteiger partial charge in [0.25, 0.3) is 0 Å². The summed E-state index contributed by atoms with van der Waals surface area (Å²) in [6.45, 7) is 7.48. The van der Waals surface area contributed by atoms with Gasteiger partial charge in [0.2, 0.25) is 5.78 Å². The molecule has 1 aliphatic carbocycles. The predicted molar refractivity (Wildman–Crippen MR) is 98.9 cm³/mol. The highest BCUT2D eigenvalue weighted by Gasteiger charge is 2.28. The number of hydrogen-bond acceptors (Lipinski definition) is 4. The van der Waals surface area contributed by atoms with E-state index in [1.807, 2.05) is 52.0 Å². The van der Waals surface area contributed by atoms with Gasteiger partial charge in [0.1, 0.15) is 5.75 Å². The third kappa shape index (κ3) is 3.98. The van der Waals surface area contributed by atoms with Crippen LogP contribution in [-0.2, 0) is 9.53 Å². The summed E-state index contributed by atoms with van der Waals surface area (Å²) in [4.78, 5) is 24.3. The summed E-state index contributed by atoms with van der Waals surface area (Å²) in [6, 6.07) is 8.03. The molecule has 5 heteroatoms. The number of rotatable bonds is 7. The second kappa shape index (κ2) is 7.36. The summed E-state index contributed by atoms with van der Waals surface area (Å²) in [7, 11) is 0. The molecular weight excluding hydrogens is 330 g/mol. The van der Waals surface area contributed by atoms with Crippen LogP contribution in [0.25, 0.3) is 0 Å². The molecule has 0 saturated heterocycles. The molecule has 0 amide bonds. The lowest BCUT2D eigenvalue weighted by Crippen LogP contribution is -2.20. The van der Waals surface area contributed by atoms with Gasteiger partial charge < -0.3 is 14.0 Å². The number of aromatic nitrogens is 1. The van der Waals surface area contributed by atoms with Gasteiger partial charge in [-0.25, -0.2) is 4.79 Å². The fraction of sp³-hybridized carbons (Fsp3) is 0.429. The highest BCUT2D eigenvalue weighted by molar-refractivity contribution is 5.99. The van der Waals surface area contributed by atoms with Crippen molar-refractivity contribution in [1.29, 1.82) is 0 Å². The van der Waals surface area contributed by atoms with E-state index in [0.29, 0.717) is 17.4 Å².